The first-order valence-corrected chi connectivity index (χ1v) is 3.55. The molecule has 1 aliphatic rings. The molecule has 7 heteroatoms. The van der Waals surface area contributed by atoms with Crippen LogP contribution < -0.4 is 14.0 Å². The molecule has 0 aromatic carbocycles. The maximum absolute atomic E-state index is 8.60. The minimum atomic E-state index is -4.69. The third kappa shape index (κ3) is 15.7. The van der Waals surface area contributed by atoms with Crippen molar-refractivity contribution in [2.24, 2.45) is 0 Å². The largest absolute Gasteiger partial charge is 0.353 e. The summed E-state index contributed by atoms with van der Waals surface area (Å²) in [5.41, 5.74) is 0. The molecule has 0 unspecified atom stereocenters. The molecular formula is C3H7ClO6. The summed E-state index contributed by atoms with van der Waals surface area (Å²) >= 11 is 0. The van der Waals surface area contributed by atoms with Gasteiger partial charge in [-0.15, -0.1) is 0 Å². The molecule has 0 aromatic heterocycles. The molecule has 1 saturated heterocycles. The van der Waals surface area contributed by atoms with E-state index in [4.69, 9.17) is 28.1 Å². The van der Waals surface area contributed by atoms with E-state index in [9.17, 15) is 0 Å². The van der Waals surface area contributed by atoms with Crippen molar-refractivity contribution in [3.8, 4) is 0 Å². The average Bonchev–Trinajstić information content (AvgIpc) is 2.07. The van der Waals surface area contributed by atoms with Crippen molar-refractivity contribution in [1.29, 1.82) is 0 Å². The standard InChI is InChI=1S/C3H6O2.ClHO4/c1-2-5-3-4-1;2-1(3,4)5/h1-3H2;(H,2,3,4,5). The van der Waals surface area contributed by atoms with E-state index in [2.05, 4.69) is 0 Å². The van der Waals surface area contributed by atoms with Gasteiger partial charge in [-0.05, 0) is 0 Å². The van der Waals surface area contributed by atoms with Crippen LogP contribution in [-0.2, 0) is 9.47 Å². The molecule has 0 bridgehead atoms. The highest BCUT2D eigenvalue weighted by Gasteiger charge is 1.98. The van der Waals surface area contributed by atoms with E-state index < -0.39 is 10.2 Å². The smallest absolute Gasteiger partial charge is 0.146 e. The van der Waals surface area contributed by atoms with Gasteiger partial charge in [0.15, 0.2) is 0 Å². The Hall–Kier alpha value is 0.0500. The van der Waals surface area contributed by atoms with Crippen molar-refractivity contribution in [2.45, 2.75) is 0 Å². The Kier molecular flexibility index (Phi) is 4.83. The van der Waals surface area contributed by atoms with Crippen LogP contribution in [0, 0.1) is 10.2 Å². The Morgan fingerprint density at radius 1 is 1.10 bits per heavy atom. The summed E-state index contributed by atoms with van der Waals surface area (Å²) in [6.45, 7) is 2.06. The monoisotopic (exact) mass is 174 g/mol. The van der Waals surface area contributed by atoms with Crippen LogP contribution in [0.5, 0.6) is 0 Å². The highest BCUT2D eigenvalue weighted by atomic mass is 35.7. The summed E-state index contributed by atoms with van der Waals surface area (Å²) in [5, 5.41) is 0. The maximum Gasteiger partial charge on any atom is 0.146 e. The molecule has 62 valence electrons. The fourth-order valence-corrected chi connectivity index (χ4v) is 0.295. The van der Waals surface area contributed by atoms with Gasteiger partial charge < -0.3 is 9.47 Å². The number of hydrogen-bond donors (Lipinski definition) is 1. The zero-order chi connectivity index (χ0) is 8.04. The summed E-state index contributed by atoms with van der Waals surface area (Å²) in [7, 11) is -4.69. The second kappa shape index (κ2) is 4.80. The molecule has 1 rings (SSSR count). The molecule has 1 N–H and O–H groups in total. The third-order valence-electron chi connectivity index (χ3n) is 0.539. The summed E-state index contributed by atoms with van der Waals surface area (Å²) in [6, 6.07) is 0. The second-order valence-corrected chi connectivity index (χ2v) is 2.12. The van der Waals surface area contributed by atoms with Gasteiger partial charge in [0.1, 0.15) is 6.79 Å². The second-order valence-electron chi connectivity index (χ2n) is 1.33. The van der Waals surface area contributed by atoms with Gasteiger partial charge >= 0.3 is 0 Å². The van der Waals surface area contributed by atoms with Crippen LogP contribution in [0.25, 0.3) is 0 Å². The zero-order valence-corrected chi connectivity index (χ0v) is 5.74. The number of halogens is 1. The quantitative estimate of drug-likeness (QED) is 0.400. The molecule has 1 heterocycles. The molecule has 0 saturated carbocycles. The number of hydrogen-bond acceptors (Lipinski definition) is 6. The third-order valence-corrected chi connectivity index (χ3v) is 0.539. The average molecular weight is 175 g/mol. The van der Waals surface area contributed by atoms with Crippen molar-refractivity contribution < 1.29 is 38.4 Å². The minimum Gasteiger partial charge on any atom is -0.353 e. The number of ether oxygens (including phenoxy) is 2. The van der Waals surface area contributed by atoms with E-state index in [1.165, 1.54) is 0 Å². The van der Waals surface area contributed by atoms with Gasteiger partial charge in [0.25, 0.3) is 0 Å². The van der Waals surface area contributed by atoms with Crippen LogP contribution in [0.3, 0.4) is 0 Å². The maximum atomic E-state index is 8.60. The van der Waals surface area contributed by atoms with E-state index in [1.807, 2.05) is 0 Å². The molecule has 10 heavy (non-hydrogen) atoms. The van der Waals surface area contributed by atoms with Gasteiger partial charge in [-0.2, -0.15) is 14.0 Å². The van der Waals surface area contributed by atoms with Gasteiger partial charge in [-0.1, -0.05) is 0 Å². The van der Waals surface area contributed by atoms with Crippen LogP contribution in [0.4, 0.5) is 0 Å². The Balaban J connectivity index is 0.000000162. The minimum absolute atomic E-state index is 0.500. The molecule has 0 atom stereocenters. The van der Waals surface area contributed by atoms with E-state index in [-0.39, 0.29) is 0 Å². The predicted molar refractivity (Wildman–Crippen MR) is 19.0 cm³/mol. The molecule has 0 radical (unpaired) electrons. The summed E-state index contributed by atoms with van der Waals surface area (Å²) in [6.07, 6.45) is 0. The van der Waals surface area contributed by atoms with Crippen molar-refractivity contribution >= 4 is 0 Å². The van der Waals surface area contributed by atoms with Crippen LogP contribution in [-0.4, -0.2) is 24.7 Å². The Labute approximate surface area is 59.3 Å². The highest BCUT2D eigenvalue weighted by molar-refractivity contribution is 4.28. The fourth-order valence-electron chi connectivity index (χ4n) is 0.295. The van der Waals surface area contributed by atoms with Gasteiger partial charge in [0.2, 0.25) is 0 Å². The lowest BCUT2D eigenvalue weighted by Crippen LogP contribution is -2.58. The number of rotatable bonds is 0. The molecule has 6 nitrogen and oxygen atoms in total. The van der Waals surface area contributed by atoms with Crippen molar-refractivity contribution in [3.05, 3.63) is 0 Å². The Morgan fingerprint density at radius 3 is 1.50 bits per heavy atom. The summed E-state index contributed by atoms with van der Waals surface area (Å²) in [5.74, 6) is 0. The van der Waals surface area contributed by atoms with Crippen molar-refractivity contribution in [3.63, 3.8) is 0 Å². The SMILES string of the molecule is C1COCO1.[O-][Cl+3]([O-])([O-])O. The van der Waals surface area contributed by atoms with Crippen molar-refractivity contribution in [1.82, 2.24) is 0 Å². The van der Waals surface area contributed by atoms with Crippen LogP contribution in [0.1, 0.15) is 0 Å². The zero-order valence-electron chi connectivity index (χ0n) is 4.99. The lowest BCUT2D eigenvalue weighted by atomic mass is 10.8. The van der Waals surface area contributed by atoms with Gasteiger partial charge in [0, 0.05) is 0 Å². The van der Waals surface area contributed by atoms with Gasteiger partial charge in [-0.3, -0.25) is 0 Å². The molecular weight excluding hydrogens is 167 g/mol. The summed E-state index contributed by atoms with van der Waals surface area (Å²) in [4.78, 5) is 0. The molecule has 0 amide bonds. The molecule has 1 fully saturated rings. The van der Waals surface area contributed by atoms with E-state index >= 15 is 0 Å². The van der Waals surface area contributed by atoms with E-state index in [0.717, 1.165) is 13.2 Å². The van der Waals surface area contributed by atoms with Crippen molar-refractivity contribution in [2.75, 3.05) is 20.0 Å². The topological polar surface area (TPSA) is 108 Å². The summed E-state index contributed by atoms with van der Waals surface area (Å²) < 4.78 is 42.2. The first-order chi connectivity index (χ1) is 4.50. The lowest BCUT2D eigenvalue weighted by molar-refractivity contribution is -1.92. The van der Waals surface area contributed by atoms with E-state index in [0.29, 0.717) is 6.79 Å². The lowest BCUT2D eigenvalue weighted by Gasteiger charge is -2.03. The van der Waals surface area contributed by atoms with Crippen LogP contribution in [0.15, 0.2) is 0 Å². The fraction of sp³-hybridized carbons (Fsp3) is 1.00. The normalized spacial score (nSPS) is 18.0. The van der Waals surface area contributed by atoms with Gasteiger partial charge in [-0.25, -0.2) is 0 Å². The first kappa shape index (κ1) is 10.0. The predicted octanol–water partition coefficient (Wildman–Crippen LogP) is -4.13. The first-order valence-electron chi connectivity index (χ1n) is 2.29. The Bertz CT molecular complexity index is 61.9. The van der Waals surface area contributed by atoms with Crippen LogP contribution in [0.2, 0.25) is 0 Å². The molecule has 0 spiro atoms. The highest BCUT2D eigenvalue weighted by Crippen LogP contribution is 1.85. The van der Waals surface area contributed by atoms with E-state index in [1.54, 1.807) is 0 Å². The van der Waals surface area contributed by atoms with Crippen LogP contribution >= 0.6 is 0 Å². The molecule has 1 aliphatic heterocycles. The van der Waals surface area contributed by atoms with Gasteiger partial charge in [0.05, 0.1) is 28.1 Å². The molecule has 0 aromatic rings. The Morgan fingerprint density at radius 2 is 1.40 bits per heavy atom. The molecule has 0 aliphatic carbocycles.